The summed E-state index contributed by atoms with van der Waals surface area (Å²) in [5, 5.41) is 1.43. The van der Waals surface area contributed by atoms with Crippen LogP contribution in [0, 0.1) is 0 Å². The molecule has 12 heavy (non-hydrogen) atoms. The van der Waals surface area contributed by atoms with Crippen LogP contribution in [0.3, 0.4) is 0 Å². The van der Waals surface area contributed by atoms with Crippen LogP contribution >= 0.6 is 0 Å². The van der Waals surface area contributed by atoms with Gasteiger partial charge in [-0.05, 0) is 5.56 Å². The highest BCUT2D eigenvalue weighted by Gasteiger charge is 2.03. The molecule has 1 aromatic carbocycles. The van der Waals surface area contributed by atoms with Crippen molar-refractivity contribution in [1.29, 1.82) is 0 Å². The highest BCUT2D eigenvalue weighted by atomic mass is 28.1. The van der Waals surface area contributed by atoms with E-state index in [0.717, 1.165) is 10.2 Å². The van der Waals surface area contributed by atoms with Crippen molar-refractivity contribution >= 4 is 15.4 Å². The van der Waals surface area contributed by atoms with Gasteiger partial charge in [0.25, 0.3) is 0 Å². The second-order valence-electron chi connectivity index (χ2n) is 2.85. The lowest BCUT2D eigenvalue weighted by Gasteiger charge is -2.10. The first-order valence-electron chi connectivity index (χ1n) is 4.10. The van der Waals surface area contributed by atoms with E-state index in [4.69, 9.17) is 0 Å². The molecule has 0 atom stereocenters. The van der Waals surface area contributed by atoms with E-state index in [0.29, 0.717) is 5.92 Å². The van der Waals surface area contributed by atoms with Crippen LogP contribution in [0.2, 0.25) is 0 Å². The van der Waals surface area contributed by atoms with Gasteiger partial charge in [0.2, 0.25) is 0 Å². The van der Waals surface area contributed by atoms with Crippen molar-refractivity contribution in [3.63, 3.8) is 0 Å². The van der Waals surface area contributed by atoms with Gasteiger partial charge in [-0.1, -0.05) is 41.6 Å². The third kappa shape index (κ3) is 1.74. The highest BCUT2D eigenvalue weighted by Crippen LogP contribution is 2.14. The molecular formula is C11H14Si. The molecule has 0 aliphatic rings. The average molecular weight is 174 g/mol. The first kappa shape index (κ1) is 9.01. The van der Waals surface area contributed by atoms with Crippen LogP contribution in [0.15, 0.2) is 49.6 Å². The van der Waals surface area contributed by atoms with Gasteiger partial charge >= 0.3 is 0 Å². The quantitative estimate of drug-likeness (QED) is 0.476. The second-order valence-corrected chi connectivity index (χ2v) is 3.93. The zero-order chi connectivity index (χ0) is 8.97. The van der Waals surface area contributed by atoms with Crippen molar-refractivity contribution in [1.82, 2.24) is 0 Å². The van der Waals surface area contributed by atoms with Gasteiger partial charge in [-0.3, -0.25) is 0 Å². The summed E-state index contributed by atoms with van der Waals surface area (Å²) < 4.78 is 0. The van der Waals surface area contributed by atoms with Gasteiger partial charge in [0.15, 0.2) is 0 Å². The molecular weight excluding hydrogens is 160 g/mol. The number of allylic oxidation sites excluding steroid dienone is 2. The Morgan fingerprint density at radius 1 is 1.17 bits per heavy atom. The van der Waals surface area contributed by atoms with E-state index in [1.165, 1.54) is 10.8 Å². The molecule has 0 N–H and O–H groups in total. The molecule has 0 amide bonds. The Hall–Kier alpha value is -1.08. The van der Waals surface area contributed by atoms with Gasteiger partial charge in [0.1, 0.15) is 0 Å². The standard InChI is InChI=1S/C11H14Si/c1-3-9(4-2)10-7-5-6-8-11(10)12/h3-9H,1-2H2,12H3. The molecule has 0 saturated heterocycles. The molecule has 0 aliphatic carbocycles. The number of rotatable bonds is 3. The fraction of sp³-hybridized carbons (Fsp3) is 0.0909. The summed E-state index contributed by atoms with van der Waals surface area (Å²) in [6.07, 6.45) is 3.87. The minimum atomic E-state index is 0.318. The zero-order valence-corrected chi connectivity index (χ0v) is 9.46. The van der Waals surface area contributed by atoms with Gasteiger partial charge < -0.3 is 0 Å². The normalized spacial score (nSPS) is 10.1. The summed E-state index contributed by atoms with van der Waals surface area (Å²) in [6, 6.07) is 8.46. The Morgan fingerprint density at radius 3 is 2.25 bits per heavy atom. The number of hydrogen-bond acceptors (Lipinski definition) is 0. The van der Waals surface area contributed by atoms with Crippen molar-refractivity contribution in [3.05, 3.63) is 55.1 Å². The van der Waals surface area contributed by atoms with Crippen molar-refractivity contribution in [2.45, 2.75) is 5.92 Å². The first-order valence-corrected chi connectivity index (χ1v) is 5.10. The zero-order valence-electron chi connectivity index (χ0n) is 7.46. The Balaban J connectivity index is 3.08. The summed E-state index contributed by atoms with van der Waals surface area (Å²) in [6.45, 7) is 7.59. The van der Waals surface area contributed by atoms with E-state index < -0.39 is 0 Å². The van der Waals surface area contributed by atoms with Crippen molar-refractivity contribution in [3.8, 4) is 0 Å². The van der Waals surface area contributed by atoms with Gasteiger partial charge in [-0.25, -0.2) is 0 Å². The first-order chi connectivity index (χ1) is 5.79. The third-order valence-corrected chi connectivity index (χ3v) is 2.97. The van der Waals surface area contributed by atoms with E-state index >= 15 is 0 Å². The molecule has 1 aromatic rings. The van der Waals surface area contributed by atoms with Gasteiger partial charge in [-0.2, -0.15) is 0 Å². The van der Waals surface area contributed by atoms with Crippen LogP contribution in [-0.2, 0) is 0 Å². The van der Waals surface area contributed by atoms with E-state index in [9.17, 15) is 0 Å². The van der Waals surface area contributed by atoms with E-state index in [1.807, 2.05) is 12.2 Å². The van der Waals surface area contributed by atoms with Crippen molar-refractivity contribution in [2.24, 2.45) is 0 Å². The lowest BCUT2D eigenvalue weighted by atomic mass is 9.99. The molecule has 0 aromatic heterocycles. The second kappa shape index (κ2) is 4.07. The molecule has 0 fully saturated rings. The lowest BCUT2D eigenvalue weighted by molar-refractivity contribution is 1.11. The Morgan fingerprint density at radius 2 is 1.75 bits per heavy atom. The van der Waals surface area contributed by atoms with Crippen molar-refractivity contribution < 1.29 is 0 Å². The molecule has 1 rings (SSSR count). The molecule has 0 aliphatic heterocycles. The molecule has 0 heterocycles. The predicted octanol–water partition coefficient (Wildman–Crippen LogP) is 1.13. The summed E-state index contributed by atoms with van der Waals surface area (Å²) >= 11 is 0. The fourth-order valence-electron chi connectivity index (χ4n) is 1.31. The van der Waals surface area contributed by atoms with E-state index in [2.05, 4.69) is 37.4 Å². The topological polar surface area (TPSA) is 0 Å². The number of hydrogen-bond donors (Lipinski definition) is 0. The van der Waals surface area contributed by atoms with Crippen LogP contribution in [0.4, 0.5) is 0 Å². The Labute approximate surface area is 77.0 Å². The lowest BCUT2D eigenvalue weighted by Crippen LogP contribution is -2.11. The van der Waals surface area contributed by atoms with Crippen LogP contribution in [-0.4, -0.2) is 10.2 Å². The molecule has 0 bridgehead atoms. The third-order valence-electron chi connectivity index (χ3n) is 2.06. The molecule has 0 saturated carbocycles. The maximum atomic E-state index is 3.79. The van der Waals surface area contributed by atoms with Gasteiger partial charge in [0, 0.05) is 16.2 Å². The SMILES string of the molecule is C=CC(C=C)c1ccccc1[SiH3]. The summed E-state index contributed by atoms with van der Waals surface area (Å²) in [7, 11) is 1.09. The van der Waals surface area contributed by atoms with Crippen molar-refractivity contribution in [2.75, 3.05) is 0 Å². The molecule has 0 nitrogen and oxygen atoms in total. The monoisotopic (exact) mass is 174 g/mol. The fourth-order valence-corrected chi connectivity index (χ4v) is 2.00. The molecule has 62 valence electrons. The highest BCUT2D eigenvalue weighted by molar-refractivity contribution is 6.33. The van der Waals surface area contributed by atoms with E-state index in [-0.39, 0.29) is 0 Å². The van der Waals surface area contributed by atoms with E-state index in [1.54, 1.807) is 0 Å². The van der Waals surface area contributed by atoms with Crippen LogP contribution in [0.5, 0.6) is 0 Å². The maximum absolute atomic E-state index is 3.79. The smallest absolute Gasteiger partial charge is 0.0389 e. The molecule has 0 radical (unpaired) electrons. The predicted molar refractivity (Wildman–Crippen MR) is 59.2 cm³/mol. The van der Waals surface area contributed by atoms with Crippen LogP contribution in [0.25, 0.3) is 0 Å². The minimum Gasteiger partial charge on any atom is -0.102 e. The maximum Gasteiger partial charge on any atom is 0.0389 e. The Bertz CT molecular complexity index is 281. The summed E-state index contributed by atoms with van der Waals surface area (Å²) in [5.41, 5.74) is 1.36. The van der Waals surface area contributed by atoms with Crippen LogP contribution in [0.1, 0.15) is 11.5 Å². The largest absolute Gasteiger partial charge is 0.102 e. The molecule has 0 spiro atoms. The van der Waals surface area contributed by atoms with Crippen LogP contribution < -0.4 is 5.19 Å². The van der Waals surface area contributed by atoms with Gasteiger partial charge in [-0.15, -0.1) is 13.2 Å². The molecule has 0 unspecified atom stereocenters. The number of benzene rings is 1. The summed E-state index contributed by atoms with van der Waals surface area (Å²) in [4.78, 5) is 0. The summed E-state index contributed by atoms with van der Waals surface area (Å²) in [5.74, 6) is 0.318. The average Bonchev–Trinajstić information content (AvgIpc) is 2.10. The minimum absolute atomic E-state index is 0.318. The van der Waals surface area contributed by atoms with Gasteiger partial charge in [0.05, 0.1) is 0 Å². The Kier molecular flexibility index (Phi) is 3.06. The molecule has 1 heteroatoms.